The van der Waals surface area contributed by atoms with Crippen molar-refractivity contribution in [3.63, 3.8) is 0 Å². The quantitative estimate of drug-likeness (QED) is 0.211. The minimum Gasteiger partial charge on any atom is -0.465 e. The van der Waals surface area contributed by atoms with Crippen LogP contribution in [0.3, 0.4) is 0 Å². The predicted octanol–water partition coefficient (Wildman–Crippen LogP) is 5.82. The average Bonchev–Trinajstić information content (AvgIpc) is 2.60. The van der Waals surface area contributed by atoms with Crippen molar-refractivity contribution in [2.24, 2.45) is 5.41 Å². The van der Waals surface area contributed by atoms with Crippen LogP contribution in [0.4, 0.5) is 0 Å². The largest absolute Gasteiger partial charge is 0.465 e. The summed E-state index contributed by atoms with van der Waals surface area (Å²) in [6.07, 6.45) is 10.3. The van der Waals surface area contributed by atoms with Gasteiger partial charge in [0.25, 0.3) is 0 Å². The molecule has 0 bridgehead atoms. The lowest BCUT2D eigenvalue weighted by Gasteiger charge is -2.28. The number of rotatable bonds is 15. The number of unbranched alkanes of at least 4 members (excludes halogenated alkanes) is 6. The highest BCUT2D eigenvalue weighted by atomic mass is 16.6. The van der Waals surface area contributed by atoms with Crippen LogP contribution in [-0.4, -0.2) is 24.6 Å². The molecule has 0 spiro atoms. The Morgan fingerprint density at radius 1 is 0.800 bits per heavy atom. The van der Waals surface area contributed by atoms with Gasteiger partial charge in [-0.25, -0.2) is 0 Å². The summed E-state index contributed by atoms with van der Waals surface area (Å²) in [5.41, 5.74) is -1.15. The summed E-state index contributed by atoms with van der Waals surface area (Å²) >= 11 is 0. The van der Waals surface area contributed by atoms with Gasteiger partial charge in [-0.1, -0.05) is 66.2 Å². The van der Waals surface area contributed by atoms with Crippen LogP contribution in [0, 0.1) is 5.41 Å². The summed E-state index contributed by atoms with van der Waals surface area (Å²) in [7, 11) is 0. The lowest BCUT2D eigenvalue weighted by Crippen LogP contribution is -2.42. The number of hydrogen-bond donors (Lipinski definition) is 0. The molecule has 0 aromatic heterocycles. The maximum absolute atomic E-state index is 12.7. The molecule has 0 aliphatic carbocycles. The van der Waals surface area contributed by atoms with E-state index in [1.165, 1.54) is 12.8 Å². The highest BCUT2D eigenvalue weighted by Gasteiger charge is 2.46. The summed E-state index contributed by atoms with van der Waals surface area (Å²) in [6, 6.07) is 0. The van der Waals surface area contributed by atoms with Crippen LogP contribution >= 0.6 is 0 Å². The SMILES string of the molecule is CCCCCCOC(=O)C(CC)(CC)C(=O)OC(C)CCCCCC. The highest BCUT2D eigenvalue weighted by Crippen LogP contribution is 2.31. The molecule has 0 aromatic rings. The van der Waals surface area contributed by atoms with Gasteiger partial charge >= 0.3 is 11.9 Å². The topological polar surface area (TPSA) is 52.6 Å². The molecule has 0 saturated carbocycles. The highest BCUT2D eigenvalue weighted by molar-refractivity contribution is 6.00. The van der Waals surface area contributed by atoms with E-state index in [2.05, 4.69) is 13.8 Å². The molecule has 0 aliphatic heterocycles. The molecule has 0 aromatic carbocycles. The fourth-order valence-corrected chi connectivity index (χ4v) is 2.96. The van der Waals surface area contributed by atoms with Crippen molar-refractivity contribution in [2.75, 3.05) is 6.61 Å². The Labute approximate surface area is 155 Å². The molecule has 4 heteroatoms. The van der Waals surface area contributed by atoms with Crippen LogP contribution in [0.2, 0.25) is 0 Å². The van der Waals surface area contributed by atoms with E-state index in [4.69, 9.17) is 9.47 Å². The van der Waals surface area contributed by atoms with Gasteiger partial charge in [0.1, 0.15) is 0 Å². The molecule has 0 rings (SSSR count). The van der Waals surface area contributed by atoms with Crippen LogP contribution in [0.25, 0.3) is 0 Å². The lowest BCUT2D eigenvalue weighted by molar-refractivity contribution is -0.176. The van der Waals surface area contributed by atoms with E-state index in [-0.39, 0.29) is 6.10 Å². The molecule has 0 N–H and O–H groups in total. The van der Waals surface area contributed by atoms with Gasteiger partial charge in [0.15, 0.2) is 5.41 Å². The van der Waals surface area contributed by atoms with Gasteiger partial charge < -0.3 is 9.47 Å². The monoisotopic (exact) mass is 356 g/mol. The van der Waals surface area contributed by atoms with Gasteiger partial charge in [0.2, 0.25) is 0 Å². The zero-order valence-corrected chi connectivity index (χ0v) is 17.2. The second-order valence-electron chi connectivity index (χ2n) is 7.05. The normalized spacial score (nSPS) is 12.7. The molecule has 4 nitrogen and oxygen atoms in total. The summed E-state index contributed by atoms with van der Waals surface area (Å²) in [5, 5.41) is 0. The van der Waals surface area contributed by atoms with Crippen molar-refractivity contribution >= 4 is 11.9 Å². The number of carbonyl (C=O) groups excluding carboxylic acids is 2. The van der Waals surface area contributed by atoms with Gasteiger partial charge in [-0.2, -0.15) is 0 Å². The van der Waals surface area contributed by atoms with E-state index in [0.29, 0.717) is 19.4 Å². The Morgan fingerprint density at radius 2 is 1.36 bits per heavy atom. The van der Waals surface area contributed by atoms with E-state index in [1.807, 2.05) is 20.8 Å². The number of ether oxygens (including phenoxy) is 2. The molecule has 0 radical (unpaired) electrons. The molecular formula is C21H40O4. The van der Waals surface area contributed by atoms with Crippen molar-refractivity contribution in [2.45, 2.75) is 111 Å². The molecule has 25 heavy (non-hydrogen) atoms. The molecule has 148 valence electrons. The molecule has 0 fully saturated rings. The first kappa shape index (κ1) is 23.9. The first-order chi connectivity index (χ1) is 12.0. The molecule has 1 unspecified atom stereocenters. The average molecular weight is 357 g/mol. The fraction of sp³-hybridized carbons (Fsp3) is 0.905. The smallest absolute Gasteiger partial charge is 0.323 e. The van der Waals surface area contributed by atoms with Gasteiger partial charge in [0, 0.05) is 0 Å². The Morgan fingerprint density at radius 3 is 1.88 bits per heavy atom. The summed E-state index contributed by atoms with van der Waals surface area (Å²) < 4.78 is 11.0. The summed E-state index contributed by atoms with van der Waals surface area (Å²) in [5.74, 6) is -0.837. The number of esters is 2. The minimum absolute atomic E-state index is 0.154. The zero-order valence-electron chi connectivity index (χ0n) is 17.2. The number of hydrogen-bond acceptors (Lipinski definition) is 4. The van der Waals surface area contributed by atoms with Gasteiger partial charge in [0.05, 0.1) is 12.7 Å². The molecule has 0 saturated heterocycles. The maximum atomic E-state index is 12.7. The van der Waals surface area contributed by atoms with E-state index >= 15 is 0 Å². The molecule has 0 aliphatic rings. The lowest BCUT2D eigenvalue weighted by atomic mass is 9.82. The fourth-order valence-electron chi connectivity index (χ4n) is 2.96. The van der Waals surface area contributed by atoms with E-state index in [9.17, 15) is 9.59 Å². The third kappa shape index (κ3) is 8.73. The first-order valence-corrected chi connectivity index (χ1v) is 10.4. The van der Waals surface area contributed by atoms with Crippen LogP contribution in [0.5, 0.6) is 0 Å². The minimum atomic E-state index is -1.15. The summed E-state index contributed by atoms with van der Waals surface area (Å²) in [4.78, 5) is 25.2. The Hall–Kier alpha value is -1.06. The van der Waals surface area contributed by atoms with Crippen molar-refractivity contribution in [3.8, 4) is 0 Å². The van der Waals surface area contributed by atoms with Crippen molar-refractivity contribution in [1.82, 2.24) is 0 Å². The first-order valence-electron chi connectivity index (χ1n) is 10.4. The second kappa shape index (κ2) is 14.1. The Bertz CT molecular complexity index is 361. The summed E-state index contributed by atoms with van der Waals surface area (Å²) in [6.45, 7) is 10.3. The number of carbonyl (C=O) groups is 2. The standard InChI is InChI=1S/C21H40O4/c1-6-10-12-14-16-18(5)25-20(23)21(8-3,9-4)19(22)24-17-15-13-11-7-2/h18H,6-17H2,1-5H3. The Kier molecular flexibility index (Phi) is 13.5. The van der Waals surface area contributed by atoms with E-state index in [0.717, 1.165) is 44.9 Å². The third-order valence-corrected chi connectivity index (χ3v) is 4.99. The molecule has 0 heterocycles. The predicted molar refractivity (Wildman–Crippen MR) is 102 cm³/mol. The molecular weight excluding hydrogens is 316 g/mol. The maximum Gasteiger partial charge on any atom is 0.323 e. The zero-order chi connectivity index (χ0) is 19.1. The van der Waals surface area contributed by atoms with Crippen LogP contribution in [-0.2, 0) is 19.1 Å². The van der Waals surface area contributed by atoms with Gasteiger partial charge in [-0.15, -0.1) is 0 Å². The van der Waals surface area contributed by atoms with Crippen molar-refractivity contribution in [3.05, 3.63) is 0 Å². The second-order valence-corrected chi connectivity index (χ2v) is 7.05. The van der Waals surface area contributed by atoms with Gasteiger partial charge in [-0.05, 0) is 39.0 Å². The van der Waals surface area contributed by atoms with Crippen molar-refractivity contribution < 1.29 is 19.1 Å². The van der Waals surface area contributed by atoms with E-state index < -0.39 is 17.4 Å². The van der Waals surface area contributed by atoms with E-state index in [1.54, 1.807) is 0 Å². The van der Waals surface area contributed by atoms with Crippen molar-refractivity contribution in [1.29, 1.82) is 0 Å². The Balaban J connectivity index is 4.54. The molecule has 0 amide bonds. The van der Waals surface area contributed by atoms with Gasteiger partial charge in [-0.3, -0.25) is 9.59 Å². The van der Waals surface area contributed by atoms with Crippen LogP contribution in [0.15, 0.2) is 0 Å². The third-order valence-electron chi connectivity index (χ3n) is 4.99. The van der Waals surface area contributed by atoms with Crippen LogP contribution < -0.4 is 0 Å². The van der Waals surface area contributed by atoms with Crippen LogP contribution in [0.1, 0.15) is 105 Å². The molecule has 1 atom stereocenters.